The number of rotatable bonds is 6. The van der Waals surface area contributed by atoms with Gasteiger partial charge in [0, 0.05) is 23.2 Å². The van der Waals surface area contributed by atoms with Gasteiger partial charge in [0.1, 0.15) is 0 Å². The Labute approximate surface area is 150 Å². The lowest BCUT2D eigenvalue weighted by atomic mass is 10.2. The van der Waals surface area contributed by atoms with Crippen LogP contribution in [-0.2, 0) is 4.79 Å². The van der Waals surface area contributed by atoms with Crippen molar-refractivity contribution in [1.29, 1.82) is 0 Å². The average Bonchev–Trinajstić information content (AvgIpc) is 3.11. The summed E-state index contributed by atoms with van der Waals surface area (Å²) >= 11 is 0. The van der Waals surface area contributed by atoms with Gasteiger partial charge in [0.2, 0.25) is 11.8 Å². The summed E-state index contributed by atoms with van der Waals surface area (Å²) in [5.74, 6) is -0.171. The standard InChI is InChI=1S/C19H18N4O3/c1-2-7-16(24)20-15-11-6-10-14(12-15)17(25)21-19-23-22-18(26-19)13-8-4-3-5-9-13/h3-6,8-12H,2,7H2,1H3,(H,20,24)(H,21,23,25). The first kappa shape index (κ1) is 17.3. The summed E-state index contributed by atoms with van der Waals surface area (Å²) in [4.78, 5) is 24.0. The highest BCUT2D eigenvalue weighted by molar-refractivity contribution is 6.04. The molecular formula is C19H18N4O3. The van der Waals surface area contributed by atoms with Crippen LogP contribution in [0.5, 0.6) is 0 Å². The molecule has 0 aliphatic rings. The number of amides is 2. The lowest BCUT2D eigenvalue weighted by molar-refractivity contribution is -0.116. The molecular weight excluding hydrogens is 332 g/mol. The lowest BCUT2D eigenvalue weighted by Crippen LogP contribution is -2.14. The number of carbonyl (C=O) groups excluding carboxylic acids is 2. The van der Waals surface area contributed by atoms with Crippen molar-refractivity contribution < 1.29 is 14.0 Å². The number of anilines is 2. The molecule has 0 aliphatic carbocycles. The van der Waals surface area contributed by atoms with E-state index in [2.05, 4.69) is 20.8 Å². The van der Waals surface area contributed by atoms with Gasteiger partial charge < -0.3 is 9.73 Å². The van der Waals surface area contributed by atoms with Crippen molar-refractivity contribution in [3.63, 3.8) is 0 Å². The smallest absolute Gasteiger partial charge is 0.322 e. The Hall–Kier alpha value is -3.48. The Morgan fingerprint density at radius 1 is 1.00 bits per heavy atom. The van der Waals surface area contributed by atoms with Gasteiger partial charge in [-0.15, -0.1) is 5.10 Å². The minimum atomic E-state index is -0.403. The van der Waals surface area contributed by atoms with Gasteiger partial charge >= 0.3 is 6.01 Å². The first-order valence-corrected chi connectivity index (χ1v) is 8.26. The second-order valence-corrected chi connectivity index (χ2v) is 5.61. The number of nitrogens with zero attached hydrogens (tertiary/aromatic N) is 2. The van der Waals surface area contributed by atoms with Crippen LogP contribution in [0, 0.1) is 0 Å². The van der Waals surface area contributed by atoms with Crippen LogP contribution in [-0.4, -0.2) is 22.0 Å². The molecule has 0 unspecified atom stereocenters. The Morgan fingerprint density at radius 3 is 2.58 bits per heavy atom. The van der Waals surface area contributed by atoms with E-state index in [1.807, 2.05) is 37.3 Å². The van der Waals surface area contributed by atoms with Crippen LogP contribution in [0.3, 0.4) is 0 Å². The maximum atomic E-state index is 12.4. The predicted molar refractivity (Wildman–Crippen MR) is 97.7 cm³/mol. The van der Waals surface area contributed by atoms with Crippen LogP contribution in [0.2, 0.25) is 0 Å². The zero-order valence-corrected chi connectivity index (χ0v) is 14.2. The van der Waals surface area contributed by atoms with E-state index in [1.54, 1.807) is 24.3 Å². The number of hydrogen-bond acceptors (Lipinski definition) is 5. The van der Waals surface area contributed by atoms with Gasteiger partial charge in [-0.2, -0.15) is 0 Å². The lowest BCUT2D eigenvalue weighted by Gasteiger charge is -2.06. The van der Waals surface area contributed by atoms with E-state index in [9.17, 15) is 9.59 Å². The second kappa shape index (κ2) is 8.06. The van der Waals surface area contributed by atoms with E-state index in [4.69, 9.17) is 4.42 Å². The molecule has 0 bridgehead atoms. The summed E-state index contributed by atoms with van der Waals surface area (Å²) in [5, 5.41) is 13.1. The molecule has 0 saturated carbocycles. The maximum absolute atomic E-state index is 12.4. The topological polar surface area (TPSA) is 97.1 Å². The van der Waals surface area contributed by atoms with Crippen LogP contribution in [0.4, 0.5) is 11.7 Å². The highest BCUT2D eigenvalue weighted by Crippen LogP contribution is 2.20. The maximum Gasteiger partial charge on any atom is 0.322 e. The zero-order valence-electron chi connectivity index (χ0n) is 14.2. The van der Waals surface area contributed by atoms with E-state index in [0.29, 0.717) is 23.6 Å². The monoisotopic (exact) mass is 350 g/mol. The minimum Gasteiger partial charge on any atom is -0.403 e. The third-order valence-electron chi connectivity index (χ3n) is 3.55. The summed E-state index contributed by atoms with van der Waals surface area (Å²) in [6, 6.07) is 15.9. The fraction of sp³-hybridized carbons (Fsp3) is 0.158. The molecule has 2 aromatic carbocycles. The Balaban J connectivity index is 1.69. The van der Waals surface area contributed by atoms with Gasteiger partial charge in [0.25, 0.3) is 5.91 Å². The van der Waals surface area contributed by atoms with Crippen molar-refractivity contribution in [3.05, 3.63) is 60.2 Å². The highest BCUT2D eigenvalue weighted by Gasteiger charge is 2.13. The fourth-order valence-corrected chi connectivity index (χ4v) is 2.33. The number of nitrogens with one attached hydrogen (secondary N) is 2. The summed E-state index contributed by atoms with van der Waals surface area (Å²) in [6.07, 6.45) is 1.19. The molecule has 7 heteroatoms. The summed E-state index contributed by atoms with van der Waals surface area (Å²) in [7, 11) is 0. The molecule has 0 radical (unpaired) electrons. The molecule has 26 heavy (non-hydrogen) atoms. The van der Waals surface area contributed by atoms with Crippen molar-refractivity contribution in [1.82, 2.24) is 10.2 Å². The Morgan fingerprint density at radius 2 is 1.81 bits per heavy atom. The van der Waals surface area contributed by atoms with Crippen molar-refractivity contribution in [2.24, 2.45) is 0 Å². The molecule has 132 valence electrons. The molecule has 0 saturated heterocycles. The third-order valence-corrected chi connectivity index (χ3v) is 3.55. The van der Waals surface area contributed by atoms with Crippen molar-refractivity contribution >= 4 is 23.5 Å². The molecule has 2 amide bonds. The van der Waals surface area contributed by atoms with E-state index in [0.717, 1.165) is 12.0 Å². The molecule has 1 aromatic heterocycles. The molecule has 0 aliphatic heterocycles. The molecule has 1 heterocycles. The van der Waals surface area contributed by atoms with Gasteiger partial charge in [-0.1, -0.05) is 36.3 Å². The molecule has 0 atom stereocenters. The average molecular weight is 350 g/mol. The predicted octanol–water partition coefficient (Wildman–Crippen LogP) is 3.73. The van der Waals surface area contributed by atoms with Crippen molar-refractivity contribution in [3.8, 4) is 11.5 Å². The van der Waals surface area contributed by atoms with Crippen LogP contribution >= 0.6 is 0 Å². The summed E-state index contributed by atoms with van der Waals surface area (Å²) in [6.45, 7) is 1.93. The second-order valence-electron chi connectivity index (χ2n) is 5.61. The normalized spacial score (nSPS) is 10.3. The van der Waals surface area contributed by atoms with E-state index in [-0.39, 0.29) is 11.9 Å². The summed E-state index contributed by atoms with van der Waals surface area (Å²) < 4.78 is 5.46. The quantitative estimate of drug-likeness (QED) is 0.706. The molecule has 3 rings (SSSR count). The van der Waals surface area contributed by atoms with E-state index in [1.165, 1.54) is 0 Å². The SMILES string of the molecule is CCCC(=O)Nc1cccc(C(=O)Nc2nnc(-c3ccccc3)o2)c1. The minimum absolute atomic E-state index is 0.00859. The van der Waals surface area contributed by atoms with Gasteiger partial charge in [-0.3, -0.25) is 14.9 Å². The van der Waals surface area contributed by atoms with Gasteiger partial charge in [0.05, 0.1) is 0 Å². The third kappa shape index (κ3) is 4.32. The number of benzene rings is 2. The number of hydrogen-bond donors (Lipinski definition) is 2. The Bertz CT molecular complexity index is 906. The highest BCUT2D eigenvalue weighted by atomic mass is 16.4. The van der Waals surface area contributed by atoms with E-state index < -0.39 is 5.91 Å². The zero-order chi connectivity index (χ0) is 18.4. The van der Waals surface area contributed by atoms with Crippen LogP contribution in [0.1, 0.15) is 30.1 Å². The van der Waals surface area contributed by atoms with Crippen LogP contribution in [0.25, 0.3) is 11.5 Å². The molecule has 3 aromatic rings. The number of aromatic nitrogens is 2. The largest absolute Gasteiger partial charge is 0.403 e. The fourth-order valence-electron chi connectivity index (χ4n) is 2.33. The van der Waals surface area contributed by atoms with Gasteiger partial charge in [-0.05, 0) is 36.8 Å². The molecule has 2 N–H and O–H groups in total. The van der Waals surface area contributed by atoms with Crippen molar-refractivity contribution in [2.75, 3.05) is 10.6 Å². The number of carbonyl (C=O) groups is 2. The molecule has 0 fully saturated rings. The Kier molecular flexibility index (Phi) is 5.38. The van der Waals surface area contributed by atoms with Gasteiger partial charge in [0.15, 0.2) is 0 Å². The molecule has 7 nitrogen and oxygen atoms in total. The van der Waals surface area contributed by atoms with Gasteiger partial charge in [-0.25, -0.2) is 0 Å². The van der Waals surface area contributed by atoms with Crippen LogP contribution < -0.4 is 10.6 Å². The summed E-state index contributed by atoms with van der Waals surface area (Å²) in [5.41, 5.74) is 1.70. The van der Waals surface area contributed by atoms with E-state index >= 15 is 0 Å². The van der Waals surface area contributed by atoms with Crippen molar-refractivity contribution in [2.45, 2.75) is 19.8 Å². The first-order chi connectivity index (χ1) is 12.7. The first-order valence-electron chi connectivity index (χ1n) is 8.26. The molecule has 0 spiro atoms. The van der Waals surface area contributed by atoms with Crippen LogP contribution in [0.15, 0.2) is 59.0 Å².